The van der Waals surface area contributed by atoms with E-state index in [9.17, 15) is 4.79 Å². The maximum Gasteiger partial charge on any atom is 0.324 e. The lowest BCUT2D eigenvalue weighted by atomic mass is 10.2. The van der Waals surface area contributed by atoms with E-state index in [-0.39, 0.29) is 6.03 Å². The molecule has 0 radical (unpaired) electrons. The minimum atomic E-state index is -0.292. The maximum atomic E-state index is 11.8. The van der Waals surface area contributed by atoms with Gasteiger partial charge in [-0.1, -0.05) is 6.07 Å². The summed E-state index contributed by atoms with van der Waals surface area (Å²) < 4.78 is 1.59. The van der Waals surface area contributed by atoms with E-state index >= 15 is 0 Å². The lowest BCUT2D eigenvalue weighted by Gasteiger charge is -2.14. The van der Waals surface area contributed by atoms with E-state index in [0.717, 1.165) is 11.4 Å². The minimum Gasteiger partial charge on any atom is -0.378 e. The zero-order chi connectivity index (χ0) is 13.8. The first-order chi connectivity index (χ1) is 9.06. The van der Waals surface area contributed by atoms with E-state index in [1.807, 2.05) is 43.3 Å². The van der Waals surface area contributed by atoms with Crippen molar-refractivity contribution < 1.29 is 4.79 Å². The van der Waals surface area contributed by atoms with Crippen molar-refractivity contribution >= 4 is 23.2 Å². The summed E-state index contributed by atoms with van der Waals surface area (Å²) in [4.78, 5) is 13.8. The van der Waals surface area contributed by atoms with Crippen molar-refractivity contribution in [2.24, 2.45) is 7.05 Å². The Hall–Kier alpha value is -2.50. The molecular weight excluding hydrogens is 242 g/mol. The second-order valence-corrected chi connectivity index (χ2v) is 4.36. The van der Waals surface area contributed by atoms with Crippen LogP contribution in [0.5, 0.6) is 0 Å². The van der Waals surface area contributed by atoms with E-state index in [2.05, 4.69) is 15.7 Å². The van der Waals surface area contributed by atoms with Gasteiger partial charge >= 0.3 is 6.03 Å². The summed E-state index contributed by atoms with van der Waals surface area (Å²) in [6.07, 6.45) is 1.63. The van der Waals surface area contributed by atoms with Gasteiger partial charge in [0.2, 0.25) is 0 Å². The summed E-state index contributed by atoms with van der Waals surface area (Å²) in [5.41, 5.74) is 1.77. The first kappa shape index (κ1) is 12.9. The van der Waals surface area contributed by atoms with Crippen molar-refractivity contribution in [2.75, 3.05) is 29.6 Å². The molecule has 1 aromatic heterocycles. The molecule has 0 saturated heterocycles. The van der Waals surface area contributed by atoms with Crippen LogP contribution < -0.4 is 15.5 Å². The lowest BCUT2D eigenvalue weighted by Crippen LogP contribution is -2.21. The van der Waals surface area contributed by atoms with Crippen LogP contribution in [-0.2, 0) is 7.05 Å². The Labute approximate surface area is 112 Å². The van der Waals surface area contributed by atoms with Crippen molar-refractivity contribution in [2.45, 2.75) is 0 Å². The van der Waals surface area contributed by atoms with E-state index in [1.54, 1.807) is 24.0 Å². The first-order valence-corrected chi connectivity index (χ1v) is 5.89. The maximum absolute atomic E-state index is 11.8. The number of urea groups is 1. The van der Waals surface area contributed by atoms with Gasteiger partial charge in [-0.3, -0.25) is 10.00 Å². The molecule has 19 heavy (non-hydrogen) atoms. The second-order valence-electron chi connectivity index (χ2n) is 4.36. The number of aryl methyl sites for hydroxylation is 1. The van der Waals surface area contributed by atoms with Gasteiger partial charge in [0.05, 0.1) is 6.20 Å². The highest BCUT2D eigenvalue weighted by atomic mass is 16.2. The zero-order valence-electron chi connectivity index (χ0n) is 11.2. The summed E-state index contributed by atoms with van der Waals surface area (Å²) in [6.45, 7) is 0. The quantitative estimate of drug-likeness (QED) is 0.887. The molecule has 0 unspecified atom stereocenters. The minimum absolute atomic E-state index is 0.292. The number of nitrogens with one attached hydrogen (secondary N) is 2. The molecule has 0 aliphatic rings. The number of hydrogen-bond donors (Lipinski definition) is 2. The highest BCUT2D eigenvalue weighted by Gasteiger charge is 2.06. The summed E-state index contributed by atoms with van der Waals surface area (Å²) in [7, 11) is 5.67. The number of nitrogens with zero attached hydrogens (tertiary/aromatic N) is 3. The number of aromatic nitrogens is 2. The van der Waals surface area contributed by atoms with Crippen LogP contribution >= 0.6 is 0 Å². The predicted molar refractivity (Wildman–Crippen MR) is 76.6 cm³/mol. The Bertz CT molecular complexity index is 576. The monoisotopic (exact) mass is 259 g/mol. The van der Waals surface area contributed by atoms with Crippen molar-refractivity contribution in [3.63, 3.8) is 0 Å². The van der Waals surface area contributed by atoms with Crippen molar-refractivity contribution in [3.8, 4) is 0 Å². The fourth-order valence-corrected chi connectivity index (χ4v) is 1.64. The van der Waals surface area contributed by atoms with Gasteiger partial charge < -0.3 is 10.2 Å². The summed E-state index contributed by atoms with van der Waals surface area (Å²) in [6, 6.07) is 9.06. The van der Waals surface area contributed by atoms with Gasteiger partial charge in [0.15, 0.2) is 0 Å². The molecule has 0 spiro atoms. The van der Waals surface area contributed by atoms with Crippen LogP contribution in [0.3, 0.4) is 0 Å². The number of anilines is 3. The number of benzene rings is 1. The van der Waals surface area contributed by atoms with Gasteiger partial charge in [-0.15, -0.1) is 0 Å². The molecule has 0 atom stereocenters. The molecular formula is C13H17N5O. The SMILES string of the molecule is CN(C)c1cccc(NC(=O)Nc2ccnn2C)c1. The molecule has 0 fully saturated rings. The molecule has 0 saturated carbocycles. The molecule has 0 bridgehead atoms. The van der Waals surface area contributed by atoms with Crippen LogP contribution in [0.25, 0.3) is 0 Å². The molecule has 0 aliphatic carbocycles. The van der Waals surface area contributed by atoms with E-state index in [0.29, 0.717) is 5.82 Å². The molecule has 1 heterocycles. The van der Waals surface area contributed by atoms with Gasteiger partial charge in [-0.25, -0.2) is 4.79 Å². The summed E-state index contributed by atoms with van der Waals surface area (Å²) in [5.74, 6) is 0.640. The lowest BCUT2D eigenvalue weighted by molar-refractivity contribution is 0.262. The second kappa shape index (κ2) is 5.43. The van der Waals surface area contributed by atoms with E-state index in [1.165, 1.54) is 0 Å². The number of amides is 2. The number of rotatable bonds is 3. The fraction of sp³-hybridized carbons (Fsp3) is 0.231. The Morgan fingerprint density at radius 2 is 2.05 bits per heavy atom. The van der Waals surface area contributed by atoms with Crippen LogP contribution in [0.2, 0.25) is 0 Å². The highest BCUT2D eigenvalue weighted by molar-refractivity contribution is 5.99. The predicted octanol–water partition coefficient (Wildman–Crippen LogP) is 2.13. The van der Waals surface area contributed by atoms with Crippen LogP contribution in [0, 0.1) is 0 Å². The average molecular weight is 259 g/mol. The molecule has 2 rings (SSSR count). The Morgan fingerprint density at radius 1 is 1.26 bits per heavy atom. The van der Waals surface area contributed by atoms with Gasteiger partial charge in [0.1, 0.15) is 5.82 Å². The van der Waals surface area contributed by atoms with E-state index < -0.39 is 0 Å². The molecule has 6 nitrogen and oxygen atoms in total. The van der Waals surface area contributed by atoms with Gasteiger partial charge in [-0.2, -0.15) is 5.10 Å². The van der Waals surface area contributed by atoms with Crippen molar-refractivity contribution in [1.29, 1.82) is 0 Å². The number of hydrogen-bond acceptors (Lipinski definition) is 3. The molecule has 2 N–H and O–H groups in total. The third-order valence-corrected chi connectivity index (χ3v) is 2.68. The van der Waals surface area contributed by atoms with Gasteiger partial charge in [-0.05, 0) is 18.2 Å². The summed E-state index contributed by atoms with van der Waals surface area (Å²) in [5, 5.41) is 9.49. The zero-order valence-corrected chi connectivity index (χ0v) is 11.2. The number of carbonyl (C=O) groups is 1. The van der Waals surface area contributed by atoms with Gasteiger partial charge in [0.25, 0.3) is 0 Å². The van der Waals surface area contributed by atoms with Crippen LogP contribution in [0.15, 0.2) is 36.5 Å². The highest BCUT2D eigenvalue weighted by Crippen LogP contribution is 2.17. The van der Waals surface area contributed by atoms with E-state index in [4.69, 9.17) is 0 Å². The smallest absolute Gasteiger partial charge is 0.324 e. The Balaban J connectivity index is 2.03. The van der Waals surface area contributed by atoms with Crippen molar-refractivity contribution in [3.05, 3.63) is 36.5 Å². The molecule has 1 aromatic carbocycles. The van der Waals surface area contributed by atoms with Crippen LogP contribution in [-0.4, -0.2) is 29.9 Å². The Kier molecular flexibility index (Phi) is 3.70. The topological polar surface area (TPSA) is 62.2 Å². The third kappa shape index (κ3) is 3.25. The fourth-order valence-electron chi connectivity index (χ4n) is 1.64. The first-order valence-electron chi connectivity index (χ1n) is 5.89. The molecule has 0 aliphatic heterocycles. The van der Waals surface area contributed by atoms with Crippen molar-refractivity contribution in [1.82, 2.24) is 9.78 Å². The molecule has 2 amide bonds. The Morgan fingerprint density at radius 3 is 2.68 bits per heavy atom. The standard InChI is InChI=1S/C13H17N5O/c1-17(2)11-6-4-5-10(9-11)15-13(19)16-12-7-8-14-18(12)3/h4-9H,1-3H3,(H2,15,16,19). The van der Waals surface area contributed by atoms with Gasteiger partial charge in [0, 0.05) is 38.6 Å². The van der Waals surface area contributed by atoms with Crippen LogP contribution in [0.4, 0.5) is 22.0 Å². The average Bonchev–Trinajstić information content (AvgIpc) is 2.75. The molecule has 2 aromatic rings. The molecule has 6 heteroatoms. The summed E-state index contributed by atoms with van der Waals surface area (Å²) >= 11 is 0. The number of carbonyl (C=O) groups excluding carboxylic acids is 1. The third-order valence-electron chi connectivity index (χ3n) is 2.68. The van der Waals surface area contributed by atoms with Crippen LogP contribution in [0.1, 0.15) is 0 Å². The largest absolute Gasteiger partial charge is 0.378 e. The molecule has 100 valence electrons. The normalized spacial score (nSPS) is 10.1.